The van der Waals surface area contributed by atoms with Gasteiger partial charge in [-0.15, -0.1) is 11.3 Å². The number of likely N-dealkylation sites (N-methyl/N-ethyl adjacent to an activating group) is 1. The lowest BCUT2D eigenvalue weighted by atomic mass is 10.2. The van der Waals surface area contributed by atoms with Crippen LogP contribution in [0.15, 0.2) is 24.3 Å². The maximum atomic E-state index is 5.85. The quantitative estimate of drug-likeness (QED) is 0.885. The number of halogens is 1. The van der Waals surface area contributed by atoms with Crippen molar-refractivity contribution >= 4 is 22.9 Å². The molecule has 108 valence electrons. The molecule has 20 heavy (non-hydrogen) atoms. The van der Waals surface area contributed by atoms with Gasteiger partial charge in [-0.05, 0) is 45.2 Å². The molecule has 1 heterocycles. The molecule has 0 aliphatic rings. The molecule has 0 spiro atoms. The summed E-state index contributed by atoms with van der Waals surface area (Å²) in [5.74, 6) is 0.834. The van der Waals surface area contributed by atoms with Crippen molar-refractivity contribution in [2.75, 3.05) is 13.7 Å². The van der Waals surface area contributed by atoms with Crippen LogP contribution in [0.2, 0.25) is 5.02 Å². The van der Waals surface area contributed by atoms with Gasteiger partial charge in [0.05, 0.1) is 10.7 Å². The summed E-state index contributed by atoms with van der Waals surface area (Å²) < 4.78 is 5.78. The van der Waals surface area contributed by atoms with Crippen LogP contribution in [0.5, 0.6) is 5.75 Å². The van der Waals surface area contributed by atoms with Crippen LogP contribution in [0.1, 0.15) is 15.6 Å². The first-order chi connectivity index (χ1) is 9.58. The van der Waals surface area contributed by atoms with E-state index in [1.807, 2.05) is 38.2 Å². The standard InChI is InChI=1S/C15H19ClN2OS/c1-10-11(2)20-15(18-10)8-13(17-3)9-19-14-6-4-12(16)5-7-14/h4-7,13,17H,8-9H2,1-3H3. The Labute approximate surface area is 129 Å². The van der Waals surface area contributed by atoms with Gasteiger partial charge in [-0.3, -0.25) is 0 Å². The number of nitrogens with zero attached hydrogens (tertiary/aromatic N) is 1. The average Bonchev–Trinajstić information content (AvgIpc) is 2.75. The van der Waals surface area contributed by atoms with Crippen LogP contribution in [0.25, 0.3) is 0 Å². The van der Waals surface area contributed by atoms with Crippen molar-refractivity contribution in [2.24, 2.45) is 0 Å². The smallest absolute Gasteiger partial charge is 0.119 e. The Morgan fingerprint density at radius 2 is 2.00 bits per heavy atom. The summed E-state index contributed by atoms with van der Waals surface area (Å²) in [6, 6.07) is 7.67. The Morgan fingerprint density at radius 3 is 2.55 bits per heavy atom. The molecule has 0 saturated carbocycles. The molecule has 3 nitrogen and oxygen atoms in total. The molecule has 2 rings (SSSR count). The van der Waals surface area contributed by atoms with E-state index in [2.05, 4.69) is 17.2 Å². The molecule has 1 aromatic heterocycles. The molecule has 0 aliphatic heterocycles. The highest BCUT2D eigenvalue weighted by molar-refractivity contribution is 7.11. The molecule has 1 unspecified atom stereocenters. The van der Waals surface area contributed by atoms with Gasteiger partial charge in [0.15, 0.2) is 0 Å². The number of benzene rings is 1. The molecule has 1 atom stereocenters. The number of hydrogen-bond acceptors (Lipinski definition) is 4. The van der Waals surface area contributed by atoms with Gasteiger partial charge < -0.3 is 10.1 Å². The van der Waals surface area contributed by atoms with E-state index in [1.54, 1.807) is 11.3 Å². The number of hydrogen-bond donors (Lipinski definition) is 1. The number of rotatable bonds is 6. The third-order valence-corrected chi connectivity index (χ3v) is 4.51. The minimum atomic E-state index is 0.246. The Kier molecular flexibility index (Phi) is 5.40. The highest BCUT2D eigenvalue weighted by Crippen LogP contribution is 2.19. The fourth-order valence-corrected chi connectivity index (χ4v) is 2.95. The van der Waals surface area contributed by atoms with Crippen LogP contribution in [0.3, 0.4) is 0 Å². The van der Waals surface area contributed by atoms with E-state index in [1.165, 1.54) is 4.88 Å². The maximum absolute atomic E-state index is 5.85. The fourth-order valence-electron chi connectivity index (χ4n) is 1.81. The lowest BCUT2D eigenvalue weighted by Crippen LogP contribution is -2.33. The van der Waals surface area contributed by atoms with Crippen LogP contribution in [0, 0.1) is 13.8 Å². The Hall–Kier alpha value is -1.10. The molecular weight excluding hydrogens is 292 g/mol. The van der Waals surface area contributed by atoms with Gasteiger partial charge in [0.2, 0.25) is 0 Å². The lowest BCUT2D eigenvalue weighted by Gasteiger charge is -2.15. The van der Waals surface area contributed by atoms with Gasteiger partial charge in [0, 0.05) is 22.4 Å². The molecule has 5 heteroatoms. The zero-order valence-electron chi connectivity index (χ0n) is 11.9. The van der Waals surface area contributed by atoms with E-state index < -0.39 is 0 Å². The zero-order chi connectivity index (χ0) is 14.5. The molecular formula is C15H19ClN2OS. The van der Waals surface area contributed by atoms with Crippen molar-refractivity contribution in [3.05, 3.63) is 44.9 Å². The summed E-state index contributed by atoms with van der Waals surface area (Å²) in [4.78, 5) is 5.86. The first-order valence-corrected chi connectivity index (χ1v) is 7.76. The number of aromatic nitrogens is 1. The summed E-state index contributed by atoms with van der Waals surface area (Å²) in [7, 11) is 1.95. The van der Waals surface area contributed by atoms with Crippen LogP contribution in [0.4, 0.5) is 0 Å². The number of ether oxygens (including phenoxy) is 1. The minimum absolute atomic E-state index is 0.246. The molecule has 1 N–H and O–H groups in total. The van der Waals surface area contributed by atoms with Crippen molar-refractivity contribution in [3.63, 3.8) is 0 Å². The van der Waals surface area contributed by atoms with Gasteiger partial charge in [-0.25, -0.2) is 4.98 Å². The third kappa shape index (κ3) is 4.20. The van der Waals surface area contributed by atoms with E-state index in [0.29, 0.717) is 6.61 Å². The highest BCUT2D eigenvalue weighted by atomic mass is 35.5. The fraction of sp³-hybridized carbons (Fsp3) is 0.400. The Bertz CT molecular complexity index is 534. The van der Waals surface area contributed by atoms with Gasteiger partial charge in [0.1, 0.15) is 12.4 Å². The summed E-state index contributed by atoms with van der Waals surface area (Å²) >= 11 is 7.61. The molecule has 0 saturated heterocycles. The largest absolute Gasteiger partial charge is 0.492 e. The Balaban J connectivity index is 1.90. The van der Waals surface area contributed by atoms with Crippen molar-refractivity contribution in [1.82, 2.24) is 10.3 Å². The van der Waals surface area contributed by atoms with Crippen LogP contribution < -0.4 is 10.1 Å². The molecule has 0 bridgehead atoms. The monoisotopic (exact) mass is 310 g/mol. The average molecular weight is 311 g/mol. The number of thiazole rings is 1. The van der Waals surface area contributed by atoms with Crippen molar-refractivity contribution in [2.45, 2.75) is 26.3 Å². The SMILES string of the molecule is CNC(COc1ccc(Cl)cc1)Cc1nc(C)c(C)s1. The van der Waals surface area contributed by atoms with E-state index in [4.69, 9.17) is 16.3 Å². The van der Waals surface area contributed by atoms with E-state index in [0.717, 1.165) is 27.9 Å². The predicted molar refractivity (Wildman–Crippen MR) is 85.1 cm³/mol. The van der Waals surface area contributed by atoms with Gasteiger partial charge in [-0.2, -0.15) is 0 Å². The molecule has 0 aliphatic carbocycles. The van der Waals surface area contributed by atoms with Crippen LogP contribution in [-0.2, 0) is 6.42 Å². The van der Waals surface area contributed by atoms with Crippen molar-refractivity contribution < 1.29 is 4.74 Å². The second kappa shape index (κ2) is 7.07. The summed E-state index contributed by atoms with van der Waals surface area (Å²) in [6.45, 7) is 4.76. The van der Waals surface area contributed by atoms with E-state index in [-0.39, 0.29) is 6.04 Å². The van der Waals surface area contributed by atoms with E-state index >= 15 is 0 Å². The summed E-state index contributed by atoms with van der Waals surface area (Å²) in [6.07, 6.45) is 0.878. The molecule has 0 radical (unpaired) electrons. The molecule has 2 aromatic rings. The lowest BCUT2D eigenvalue weighted by molar-refractivity contribution is 0.269. The molecule has 0 amide bonds. The normalized spacial score (nSPS) is 12.4. The highest BCUT2D eigenvalue weighted by Gasteiger charge is 2.12. The number of aryl methyl sites for hydroxylation is 2. The maximum Gasteiger partial charge on any atom is 0.119 e. The van der Waals surface area contributed by atoms with Gasteiger partial charge in [-0.1, -0.05) is 11.6 Å². The second-order valence-corrected chi connectivity index (χ2v) is 6.43. The topological polar surface area (TPSA) is 34.1 Å². The summed E-state index contributed by atoms with van der Waals surface area (Å²) in [5, 5.41) is 5.15. The second-order valence-electron chi connectivity index (χ2n) is 4.70. The zero-order valence-corrected chi connectivity index (χ0v) is 13.5. The first-order valence-electron chi connectivity index (χ1n) is 6.57. The summed E-state index contributed by atoms with van der Waals surface area (Å²) in [5.41, 5.74) is 1.12. The van der Waals surface area contributed by atoms with Crippen molar-refractivity contribution in [3.8, 4) is 5.75 Å². The van der Waals surface area contributed by atoms with Crippen molar-refractivity contribution in [1.29, 1.82) is 0 Å². The van der Waals surface area contributed by atoms with Gasteiger partial charge in [0.25, 0.3) is 0 Å². The predicted octanol–water partition coefficient (Wildman–Crippen LogP) is 3.62. The van der Waals surface area contributed by atoms with E-state index in [9.17, 15) is 0 Å². The third-order valence-electron chi connectivity index (χ3n) is 3.17. The van der Waals surface area contributed by atoms with Crippen LogP contribution >= 0.6 is 22.9 Å². The molecule has 1 aromatic carbocycles. The Morgan fingerprint density at radius 1 is 1.30 bits per heavy atom. The first kappa shape index (κ1) is 15.3. The number of nitrogens with one attached hydrogen (secondary N) is 1. The van der Waals surface area contributed by atoms with Crippen LogP contribution in [-0.4, -0.2) is 24.7 Å². The van der Waals surface area contributed by atoms with Gasteiger partial charge >= 0.3 is 0 Å². The minimum Gasteiger partial charge on any atom is -0.492 e. The molecule has 0 fully saturated rings.